The van der Waals surface area contributed by atoms with Gasteiger partial charge in [-0.1, -0.05) is 6.92 Å². The van der Waals surface area contributed by atoms with E-state index in [2.05, 4.69) is 14.7 Å². The molecule has 1 aliphatic rings. The minimum absolute atomic E-state index is 0.237. The quantitative estimate of drug-likeness (QED) is 0.735. The van der Waals surface area contributed by atoms with Gasteiger partial charge in [-0.3, -0.25) is 4.79 Å². The Morgan fingerprint density at radius 2 is 2.00 bits per heavy atom. The van der Waals surface area contributed by atoms with E-state index in [4.69, 9.17) is 0 Å². The maximum absolute atomic E-state index is 12.6. The largest absolute Gasteiger partial charge is 0.402 e. The highest BCUT2D eigenvalue weighted by Gasteiger charge is 2.31. The number of nitrogens with zero attached hydrogens (tertiary/aromatic N) is 3. The molecule has 0 spiro atoms. The van der Waals surface area contributed by atoms with Gasteiger partial charge in [0.25, 0.3) is 16.1 Å². The highest BCUT2D eigenvalue weighted by atomic mass is 32.2. The average Bonchev–Trinajstić information content (AvgIpc) is 2.59. The van der Waals surface area contributed by atoms with Gasteiger partial charge in [-0.15, -0.1) is 0 Å². The van der Waals surface area contributed by atoms with Crippen molar-refractivity contribution in [2.45, 2.75) is 38.4 Å². The number of piperidine rings is 1. The molecule has 1 aromatic heterocycles. The van der Waals surface area contributed by atoms with Crippen molar-refractivity contribution in [1.29, 1.82) is 0 Å². The Morgan fingerprint density at radius 3 is 2.58 bits per heavy atom. The average molecular weight is 395 g/mol. The second-order valence-corrected chi connectivity index (χ2v) is 7.39. The zero-order valence-corrected chi connectivity index (χ0v) is 14.9. The predicted octanol–water partition coefficient (Wildman–Crippen LogP) is 0.630. The van der Waals surface area contributed by atoms with Crippen molar-refractivity contribution in [2.75, 3.05) is 19.6 Å². The van der Waals surface area contributed by atoms with Crippen LogP contribution in [-0.2, 0) is 16.6 Å². The van der Waals surface area contributed by atoms with Crippen LogP contribution in [0.5, 0.6) is 0 Å². The van der Waals surface area contributed by atoms with Gasteiger partial charge >= 0.3 is 6.18 Å². The van der Waals surface area contributed by atoms with Crippen LogP contribution in [0.1, 0.15) is 35.8 Å². The number of aromatic nitrogens is 2. The lowest BCUT2D eigenvalue weighted by Crippen LogP contribution is -2.50. The second kappa shape index (κ2) is 8.27. The lowest BCUT2D eigenvalue weighted by atomic mass is 10.0. The van der Waals surface area contributed by atoms with Gasteiger partial charge in [-0.2, -0.15) is 31.0 Å². The Balaban J connectivity index is 1.90. The smallest absolute Gasteiger partial charge is 0.338 e. The van der Waals surface area contributed by atoms with Gasteiger partial charge in [0.05, 0.1) is 11.3 Å². The minimum atomic E-state index is -4.63. The molecular weight excluding hydrogens is 375 g/mol. The topological polar surface area (TPSA) is 104 Å². The molecule has 2 heterocycles. The Hall–Kier alpha value is -1.79. The summed E-state index contributed by atoms with van der Waals surface area (Å²) in [6.07, 6.45) is -0.639. The van der Waals surface area contributed by atoms with E-state index in [-0.39, 0.29) is 19.0 Å². The monoisotopic (exact) mass is 395 g/mol. The fraction of sp³-hybridized carbons (Fsp3) is 0.643. The van der Waals surface area contributed by atoms with E-state index < -0.39 is 29.0 Å². The fourth-order valence-electron chi connectivity index (χ4n) is 2.62. The maximum Gasteiger partial charge on any atom is 0.402 e. The van der Waals surface area contributed by atoms with Gasteiger partial charge in [-0.25, -0.2) is 9.97 Å². The van der Waals surface area contributed by atoms with Crippen LogP contribution >= 0.6 is 0 Å². The molecule has 0 aromatic carbocycles. The number of carbonyl (C=O) groups excluding carboxylic acids is 1. The summed E-state index contributed by atoms with van der Waals surface area (Å²) in [6.45, 7) is 0.800. The van der Waals surface area contributed by atoms with Gasteiger partial charge in [0, 0.05) is 25.3 Å². The summed E-state index contributed by atoms with van der Waals surface area (Å²) < 4.78 is 63.3. The van der Waals surface area contributed by atoms with Crippen molar-refractivity contribution in [3.8, 4) is 0 Å². The molecule has 1 aliphatic heterocycles. The van der Waals surface area contributed by atoms with Gasteiger partial charge < -0.3 is 4.90 Å². The van der Waals surface area contributed by atoms with E-state index in [9.17, 15) is 26.4 Å². The van der Waals surface area contributed by atoms with Crippen LogP contribution in [0.15, 0.2) is 12.5 Å². The summed E-state index contributed by atoms with van der Waals surface area (Å²) in [5.74, 6) is -0.237. The van der Waals surface area contributed by atoms with Crippen LogP contribution in [0.2, 0.25) is 0 Å². The fourth-order valence-corrected chi connectivity index (χ4v) is 3.74. The summed E-state index contributed by atoms with van der Waals surface area (Å²) in [7, 11) is -4.26. The molecule has 1 fully saturated rings. The molecule has 2 rings (SSSR count). The number of likely N-dealkylation sites (tertiary alicyclic amines) is 1. The van der Waals surface area contributed by atoms with Crippen molar-refractivity contribution < 1.29 is 26.4 Å². The molecule has 0 atom stereocenters. The maximum atomic E-state index is 12.6. The molecule has 0 bridgehead atoms. The standard InChI is InChI=1S/C14H20F3N5O3S/c1-2-12-11(7-18-9-19-12)13(23)22-5-3-10(4-6-22)21-26(24,25)20-8-14(15,16)17/h7,9-10,20-21H,2-6,8H2,1H3. The number of amides is 1. The van der Waals surface area contributed by atoms with E-state index >= 15 is 0 Å². The molecule has 12 heteroatoms. The highest BCUT2D eigenvalue weighted by Crippen LogP contribution is 2.16. The van der Waals surface area contributed by atoms with Crippen molar-refractivity contribution in [3.05, 3.63) is 23.8 Å². The van der Waals surface area contributed by atoms with Gasteiger partial charge in [0.1, 0.15) is 12.9 Å². The molecule has 0 unspecified atom stereocenters. The van der Waals surface area contributed by atoms with Crippen LogP contribution in [0.4, 0.5) is 13.2 Å². The predicted molar refractivity (Wildman–Crippen MR) is 86.4 cm³/mol. The van der Waals surface area contributed by atoms with E-state index in [1.165, 1.54) is 17.2 Å². The van der Waals surface area contributed by atoms with E-state index in [0.29, 0.717) is 30.5 Å². The zero-order valence-electron chi connectivity index (χ0n) is 14.1. The number of carbonyl (C=O) groups is 1. The summed E-state index contributed by atoms with van der Waals surface area (Å²) in [6, 6.07) is -0.539. The van der Waals surface area contributed by atoms with Gasteiger partial charge in [0.15, 0.2) is 0 Å². The molecule has 146 valence electrons. The van der Waals surface area contributed by atoms with Crippen LogP contribution in [-0.4, -0.2) is 61.0 Å². The van der Waals surface area contributed by atoms with Crippen molar-refractivity contribution in [3.63, 3.8) is 0 Å². The molecule has 1 amide bonds. The molecule has 1 aromatic rings. The first-order valence-electron chi connectivity index (χ1n) is 8.03. The Kier molecular flexibility index (Phi) is 6.53. The summed E-state index contributed by atoms with van der Waals surface area (Å²) in [4.78, 5) is 22.0. The second-order valence-electron chi connectivity index (χ2n) is 5.86. The first-order chi connectivity index (χ1) is 12.1. The SMILES string of the molecule is CCc1ncncc1C(=O)N1CCC(NS(=O)(=O)NCC(F)(F)F)CC1. The van der Waals surface area contributed by atoms with Crippen LogP contribution < -0.4 is 9.44 Å². The molecule has 0 radical (unpaired) electrons. The first-order valence-corrected chi connectivity index (χ1v) is 9.51. The highest BCUT2D eigenvalue weighted by molar-refractivity contribution is 7.87. The van der Waals surface area contributed by atoms with E-state index in [0.717, 1.165) is 0 Å². The zero-order chi connectivity index (χ0) is 19.4. The number of hydrogen-bond acceptors (Lipinski definition) is 5. The van der Waals surface area contributed by atoms with E-state index in [1.54, 1.807) is 4.90 Å². The number of aryl methyl sites for hydroxylation is 1. The lowest BCUT2D eigenvalue weighted by molar-refractivity contribution is -0.121. The third-order valence-corrected chi connectivity index (χ3v) is 5.09. The Labute approximate surface area is 149 Å². The number of alkyl halides is 3. The summed E-state index contributed by atoms with van der Waals surface area (Å²) in [5.41, 5.74) is 1.03. The van der Waals surface area contributed by atoms with Crippen molar-refractivity contribution in [1.82, 2.24) is 24.3 Å². The first kappa shape index (κ1) is 20.5. The summed E-state index contributed by atoms with van der Waals surface area (Å²) >= 11 is 0. The normalized spacial score (nSPS) is 16.7. The molecular formula is C14H20F3N5O3S. The van der Waals surface area contributed by atoms with Crippen LogP contribution in [0.25, 0.3) is 0 Å². The molecule has 26 heavy (non-hydrogen) atoms. The lowest BCUT2D eigenvalue weighted by Gasteiger charge is -2.32. The molecule has 1 saturated heterocycles. The Bertz CT molecular complexity index is 734. The van der Waals surface area contributed by atoms with Gasteiger partial charge in [0.2, 0.25) is 0 Å². The number of halogens is 3. The number of hydrogen-bond donors (Lipinski definition) is 2. The van der Waals surface area contributed by atoms with Crippen molar-refractivity contribution >= 4 is 16.1 Å². The number of rotatable bonds is 6. The van der Waals surface area contributed by atoms with Gasteiger partial charge in [-0.05, 0) is 19.3 Å². The van der Waals surface area contributed by atoms with Crippen LogP contribution in [0.3, 0.4) is 0 Å². The third-order valence-electron chi connectivity index (χ3n) is 3.93. The third kappa shape index (κ3) is 5.88. The summed E-state index contributed by atoms with van der Waals surface area (Å²) in [5, 5.41) is 0. The molecule has 0 saturated carbocycles. The Morgan fingerprint density at radius 1 is 1.35 bits per heavy atom. The number of nitrogens with one attached hydrogen (secondary N) is 2. The molecule has 2 N–H and O–H groups in total. The van der Waals surface area contributed by atoms with Crippen LogP contribution in [0, 0.1) is 0 Å². The van der Waals surface area contributed by atoms with Crippen molar-refractivity contribution in [2.24, 2.45) is 0 Å². The minimum Gasteiger partial charge on any atom is -0.338 e. The van der Waals surface area contributed by atoms with E-state index in [1.807, 2.05) is 6.92 Å². The molecule has 0 aliphatic carbocycles. The molecule has 8 nitrogen and oxygen atoms in total.